The van der Waals surface area contributed by atoms with Crippen LogP contribution in [0.1, 0.15) is 0 Å². The van der Waals surface area contributed by atoms with Crippen LogP contribution in [0.4, 0.5) is 5.69 Å². The first kappa shape index (κ1) is 11.9. The number of carboxylic acids is 1. The van der Waals surface area contributed by atoms with Crippen LogP contribution in [-0.4, -0.2) is 34.2 Å². The van der Waals surface area contributed by atoms with Crippen molar-refractivity contribution in [2.24, 2.45) is 11.8 Å². The summed E-state index contributed by atoms with van der Waals surface area (Å²) in [6.07, 6.45) is 5.60. The van der Waals surface area contributed by atoms with Gasteiger partial charge in [-0.1, -0.05) is 12.2 Å². The number of anilines is 1. The zero-order chi connectivity index (χ0) is 13.4. The van der Waals surface area contributed by atoms with Crippen LogP contribution in [-0.2, 0) is 14.3 Å². The number of hydrogen-bond donors (Lipinski definition) is 2. The topological polar surface area (TPSA) is 88.5 Å². The van der Waals surface area contributed by atoms with Gasteiger partial charge in [-0.25, -0.2) is 0 Å². The highest BCUT2D eigenvalue weighted by Crippen LogP contribution is 2.39. The Balaban J connectivity index is 1.79. The van der Waals surface area contributed by atoms with Crippen molar-refractivity contribution >= 4 is 17.6 Å². The van der Waals surface area contributed by atoms with Gasteiger partial charge in [0.1, 0.15) is 5.92 Å². The number of carbonyl (C=O) groups is 2. The monoisotopic (exact) mass is 260 g/mol. The van der Waals surface area contributed by atoms with E-state index in [9.17, 15) is 14.7 Å². The number of ether oxygens (including phenoxy) is 1. The Labute approximate surface area is 109 Å². The van der Waals surface area contributed by atoms with Crippen LogP contribution in [0.5, 0.6) is 0 Å². The van der Waals surface area contributed by atoms with Crippen molar-refractivity contribution in [3.05, 3.63) is 36.7 Å². The van der Waals surface area contributed by atoms with E-state index in [0.717, 1.165) is 0 Å². The normalized spacial score (nSPS) is 31.4. The Morgan fingerprint density at radius 1 is 1.26 bits per heavy atom. The van der Waals surface area contributed by atoms with E-state index in [1.54, 1.807) is 30.5 Å². The highest BCUT2D eigenvalue weighted by molar-refractivity contribution is 5.96. The second kappa shape index (κ2) is 4.47. The maximum Gasteiger partial charge on any atom is 0.310 e. The Morgan fingerprint density at radius 2 is 2.00 bits per heavy atom. The summed E-state index contributed by atoms with van der Waals surface area (Å²) in [7, 11) is 0. The predicted octanol–water partition coefficient (Wildman–Crippen LogP) is 0.674. The standard InChI is InChI=1S/C13H12N2O4/c16-12(15-7-2-1-5-14-6-7)10-8-3-4-9(19-8)11(10)13(17)18/h1-6,8-11H,(H,15,16)(H,17,18)/t8-,9+,10-,11+/m1/s1. The number of amides is 1. The summed E-state index contributed by atoms with van der Waals surface area (Å²) < 4.78 is 5.45. The SMILES string of the molecule is O=C(O)[C@@H]1[C@H](C(=O)Nc2cccnc2)[C@H]2C=C[C@@H]1O2. The molecule has 4 atom stereocenters. The van der Waals surface area contributed by atoms with Gasteiger partial charge in [0, 0.05) is 6.20 Å². The lowest BCUT2D eigenvalue weighted by molar-refractivity contribution is -0.145. The first-order valence-corrected chi connectivity index (χ1v) is 5.94. The largest absolute Gasteiger partial charge is 0.481 e. The molecular formula is C13H12N2O4. The van der Waals surface area contributed by atoms with Crippen LogP contribution in [0.25, 0.3) is 0 Å². The summed E-state index contributed by atoms with van der Waals surface area (Å²) in [5, 5.41) is 11.9. The molecule has 1 saturated heterocycles. The van der Waals surface area contributed by atoms with Crippen LogP contribution in [0.15, 0.2) is 36.7 Å². The lowest BCUT2D eigenvalue weighted by Crippen LogP contribution is -2.39. The number of carboxylic acid groups (broad SMARTS) is 1. The van der Waals surface area contributed by atoms with E-state index in [1.165, 1.54) is 6.20 Å². The zero-order valence-corrected chi connectivity index (χ0v) is 9.89. The molecule has 2 aliphatic rings. The molecule has 0 spiro atoms. The maximum atomic E-state index is 12.2. The highest BCUT2D eigenvalue weighted by atomic mass is 16.5. The minimum absolute atomic E-state index is 0.350. The Kier molecular flexibility index (Phi) is 2.79. The van der Waals surface area contributed by atoms with Crippen LogP contribution in [0.2, 0.25) is 0 Å². The first-order valence-electron chi connectivity index (χ1n) is 5.94. The molecule has 0 radical (unpaired) electrons. The first-order chi connectivity index (χ1) is 9.16. The molecule has 0 aliphatic carbocycles. The average Bonchev–Trinajstić information content (AvgIpc) is 2.99. The molecule has 1 amide bonds. The third-order valence-electron chi connectivity index (χ3n) is 3.42. The van der Waals surface area contributed by atoms with Crippen LogP contribution >= 0.6 is 0 Å². The number of nitrogens with zero attached hydrogens (tertiary/aromatic N) is 1. The predicted molar refractivity (Wildman–Crippen MR) is 65.3 cm³/mol. The molecule has 3 heterocycles. The third kappa shape index (κ3) is 2.00. The van der Waals surface area contributed by atoms with Gasteiger partial charge >= 0.3 is 5.97 Å². The molecule has 6 heteroatoms. The molecule has 2 aliphatic heterocycles. The molecule has 0 unspecified atom stereocenters. The highest BCUT2D eigenvalue weighted by Gasteiger charge is 2.53. The van der Waals surface area contributed by atoms with Crippen molar-refractivity contribution < 1.29 is 19.4 Å². The van der Waals surface area contributed by atoms with Gasteiger partial charge < -0.3 is 15.2 Å². The van der Waals surface area contributed by atoms with E-state index in [2.05, 4.69) is 10.3 Å². The fraction of sp³-hybridized carbons (Fsp3) is 0.308. The molecule has 2 bridgehead atoms. The molecule has 2 N–H and O–H groups in total. The number of aliphatic carboxylic acids is 1. The van der Waals surface area contributed by atoms with Gasteiger partial charge in [-0.3, -0.25) is 14.6 Å². The summed E-state index contributed by atoms with van der Waals surface area (Å²) in [5.41, 5.74) is 0.545. The lowest BCUT2D eigenvalue weighted by Gasteiger charge is -2.20. The Bertz CT molecular complexity index is 543. The number of rotatable bonds is 3. The summed E-state index contributed by atoms with van der Waals surface area (Å²) >= 11 is 0. The van der Waals surface area contributed by atoms with Crippen molar-refractivity contribution in [3.8, 4) is 0 Å². The second-order valence-electron chi connectivity index (χ2n) is 4.57. The molecular weight excluding hydrogens is 248 g/mol. The molecule has 0 saturated carbocycles. The van der Waals surface area contributed by atoms with E-state index in [-0.39, 0.29) is 5.91 Å². The summed E-state index contributed by atoms with van der Waals surface area (Å²) in [6.45, 7) is 0. The van der Waals surface area contributed by atoms with Crippen molar-refractivity contribution in [1.29, 1.82) is 0 Å². The van der Waals surface area contributed by atoms with E-state index < -0.39 is 30.0 Å². The molecule has 1 fully saturated rings. The van der Waals surface area contributed by atoms with E-state index in [0.29, 0.717) is 5.69 Å². The molecule has 1 aromatic rings. The van der Waals surface area contributed by atoms with E-state index >= 15 is 0 Å². The van der Waals surface area contributed by atoms with Crippen molar-refractivity contribution in [3.63, 3.8) is 0 Å². The van der Waals surface area contributed by atoms with Crippen LogP contribution < -0.4 is 5.32 Å². The molecule has 3 rings (SSSR count). The minimum Gasteiger partial charge on any atom is -0.481 e. The van der Waals surface area contributed by atoms with Crippen LogP contribution in [0.3, 0.4) is 0 Å². The van der Waals surface area contributed by atoms with Gasteiger partial charge in [-0.05, 0) is 12.1 Å². The number of aromatic nitrogens is 1. The number of carbonyl (C=O) groups excluding carboxylic acids is 1. The van der Waals surface area contributed by atoms with Gasteiger partial charge in [0.05, 0.1) is 30.0 Å². The van der Waals surface area contributed by atoms with Crippen molar-refractivity contribution in [2.45, 2.75) is 12.2 Å². The number of hydrogen-bond acceptors (Lipinski definition) is 4. The maximum absolute atomic E-state index is 12.2. The zero-order valence-electron chi connectivity index (χ0n) is 9.89. The van der Waals surface area contributed by atoms with Gasteiger partial charge in [0.15, 0.2) is 0 Å². The fourth-order valence-corrected chi connectivity index (χ4v) is 2.58. The van der Waals surface area contributed by atoms with Crippen LogP contribution in [0, 0.1) is 11.8 Å². The summed E-state index contributed by atoms with van der Waals surface area (Å²) in [5.74, 6) is -2.89. The second-order valence-corrected chi connectivity index (χ2v) is 4.57. The third-order valence-corrected chi connectivity index (χ3v) is 3.42. The lowest BCUT2D eigenvalue weighted by atomic mass is 9.82. The molecule has 6 nitrogen and oxygen atoms in total. The van der Waals surface area contributed by atoms with Gasteiger partial charge in [0.25, 0.3) is 0 Å². The fourth-order valence-electron chi connectivity index (χ4n) is 2.58. The van der Waals surface area contributed by atoms with Crippen molar-refractivity contribution in [1.82, 2.24) is 4.98 Å². The van der Waals surface area contributed by atoms with Crippen molar-refractivity contribution in [2.75, 3.05) is 5.32 Å². The molecule has 19 heavy (non-hydrogen) atoms. The quantitative estimate of drug-likeness (QED) is 0.780. The molecule has 98 valence electrons. The summed E-state index contributed by atoms with van der Waals surface area (Å²) in [6, 6.07) is 3.39. The summed E-state index contributed by atoms with van der Waals surface area (Å²) in [4.78, 5) is 27.3. The number of pyridine rings is 1. The minimum atomic E-state index is -1.01. The van der Waals surface area contributed by atoms with E-state index in [4.69, 9.17) is 4.74 Å². The van der Waals surface area contributed by atoms with Gasteiger partial charge in [-0.15, -0.1) is 0 Å². The average molecular weight is 260 g/mol. The smallest absolute Gasteiger partial charge is 0.310 e. The number of fused-ring (bicyclic) bond motifs is 2. The Morgan fingerprint density at radius 3 is 2.63 bits per heavy atom. The number of nitrogens with one attached hydrogen (secondary N) is 1. The Hall–Kier alpha value is -2.21. The molecule has 0 aromatic carbocycles. The van der Waals surface area contributed by atoms with E-state index in [1.807, 2.05) is 0 Å². The van der Waals surface area contributed by atoms with Gasteiger partial charge in [0.2, 0.25) is 5.91 Å². The molecule has 1 aromatic heterocycles. The van der Waals surface area contributed by atoms with Gasteiger partial charge in [-0.2, -0.15) is 0 Å².